The summed E-state index contributed by atoms with van der Waals surface area (Å²) in [5, 5.41) is 4.06. The van der Waals surface area contributed by atoms with Crippen molar-refractivity contribution in [1.29, 1.82) is 0 Å². The third-order valence-electron chi connectivity index (χ3n) is 3.98. The molecule has 0 atom stereocenters. The largest absolute Gasteiger partial charge is 0.389 e. The zero-order valence-corrected chi connectivity index (χ0v) is 13.4. The van der Waals surface area contributed by atoms with Gasteiger partial charge in [0.2, 0.25) is 0 Å². The maximum atomic E-state index is 5.98. The van der Waals surface area contributed by atoms with Crippen molar-refractivity contribution < 1.29 is 0 Å². The van der Waals surface area contributed by atoms with E-state index in [0.29, 0.717) is 10.0 Å². The van der Waals surface area contributed by atoms with Crippen LogP contribution in [0.1, 0.15) is 31.2 Å². The molecule has 1 aromatic rings. The first-order valence-corrected chi connectivity index (χ1v) is 7.90. The van der Waals surface area contributed by atoms with E-state index in [1.807, 2.05) is 18.2 Å². The first kappa shape index (κ1) is 15.5. The Balaban J connectivity index is 1.89. The van der Waals surface area contributed by atoms with Crippen molar-refractivity contribution in [3.8, 4) is 0 Å². The number of nitrogens with zero attached hydrogens (tertiary/aromatic N) is 1. The van der Waals surface area contributed by atoms with E-state index in [9.17, 15) is 0 Å². The van der Waals surface area contributed by atoms with Crippen LogP contribution in [0.25, 0.3) is 0 Å². The number of halogens is 1. The highest BCUT2D eigenvalue weighted by molar-refractivity contribution is 7.80. The summed E-state index contributed by atoms with van der Waals surface area (Å²) >= 11 is 11.0. The number of rotatable bonds is 6. The van der Waals surface area contributed by atoms with Gasteiger partial charge in [0.1, 0.15) is 4.99 Å². The van der Waals surface area contributed by atoms with Crippen LogP contribution < -0.4 is 11.1 Å². The molecule has 1 aromatic carbocycles. The van der Waals surface area contributed by atoms with E-state index in [4.69, 9.17) is 29.6 Å². The molecule has 1 aliphatic rings. The molecular formula is C15H22ClN3S. The van der Waals surface area contributed by atoms with Crippen molar-refractivity contribution in [3.63, 3.8) is 0 Å². The number of nitrogens with one attached hydrogen (secondary N) is 1. The molecule has 5 heteroatoms. The van der Waals surface area contributed by atoms with Crippen LogP contribution in [0.15, 0.2) is 18.2 Å². The number of thiocarbonyl (C=S) groups is 1. The molecule has 0 spiro atoms. The Labute approximate surface area is 131 Å². The van der Waals surface area contributed by atoms with Gasteiger partial charge in [-0.25, -0.2) is 0 Å². The highest BCUT2D eigenvalue weighted by Gasteiger charge is 2.18. The minimum Gasteiger partial charge on any atom is -0.389 e. The summed E-state index contributed by atoms with van der Waals surface area (Å²) in [6.07, 6.45) is 5.39. The molecule has 0 saturated heterocycles. The van der Waals surface area contributed by atoms with Gasteiger partial charge in [-0.2, -0.15) is 0 Å². The van der Waals surface area contributed by atoms with Gasteiger partial charge in [0.05, 0.1) is 0 Å². The van der Waals surface area contributed by atoms with Crippen LogP contribution in [0.4, 0.5) is 5.69 Å². The lowest BCUT2D eigenvalue weighted by atomic mass is 10.1. The average Bonchev–Trinajstić information content (AvgIpc) is 2.94. The summed E-state index contributed by atoms with van der Waals surface area (Å²) in [5.74, 6) is 0. The van der Waals surface area contributed by atoms with Crippen LogP contribution in [0.3, 0.4) is 0 Å². The van der Waals surface area contributed by atoms with Crippen molar-refractivity contribution >= 4 is 34.5 Å². The smallest absolute Gasteiger partial charge is 0.106 e. The van der Waals surface area contributed by atoms with Crippen molar-refractivity contribution in [2.45, 2.75) is 31.7 Å². The molecule has 0 heterocycles. The molecule has 3 N–H and O–H groups in total. The summed E-state index contributed by atoms with van der Waals surface area (Å²) in [4.78, 5) is 2.82. The van der Waals surface area contributed by atoms with E-state index >= 15 is 0 Å². The highest BCUT2D eigenvalue weighted by Crippen LogP contribution is 2.23. The predicted molar refractivity (Wildman–Crippen MR) is 90.7 cm³/mol. The van der Waals surface area contributed by atoms with Crippen LogP contribution in [0, 0.1) is 0 Å². The second-order valence-corrected chi connectivity index (χ2v) is 6.28. The van der Waals surface area contributed by atoms with Gasteiger partial charge in [-0.05, 0) is 38.1 Å². The first-order chi connectivity index (χ1) is 9.58. The van der Waals surface area contributed by atoms with Crippen LogP contribution in [0.2, 0.25) is 5.02 Å². The Kier molecular flexibility index (Phi) is 5.64. The van der Waals surface area contributed by atoms with Gasteiger partial charge in [0.15, 0.2) is 0 Å². The fourth-order valence-electron chi connectivity index (χ4n) is 2.77. The fraction of sp³-hybridized carbons (Fsp3) is 0.533. The molecule has 1 aliphatic carbocycles. The maximum Gasteiger partial charge on any atom is 0.106 e. The third-order valence-corrected chi connectivity index (χ3v) is 4.43. The van der Waals surface area contributed by atoms with Crippen molar-refractivity contribution in [2.75, 3.05) is 25.5 Å². The molecule has 2 rings (SSSR count). The van der Waals surface area contributed by atoms with Crippen molar-refractivity contribution in [2.24, 2.45) is 5.73 Å². The van der Waals surface area contributed by atoms with Gasteiger partial charge in [0.25, 0.3) is 0 Å². The zero-order valence-electron chi connectivity index (χ0n) is 11.9. The molecule has 0 aromatic heterocycles. The van der Waals surface area contributed by atoms with E-state index in [1.54, 1.807) is 0 Å². The number of anilines is 1. The lowest BCUT2D eigenvalue weighted by Gasteiger charge is -2.24. The topological polar surface area (TPSA) is 41.3 Å². The Hall–Kier alpha value is -0.840. The molecule has 0 amide bonds. The summed E-state index contributed by atoms with van der Waals surface area (Å²) in [5.41, 5.74) is 7.51. The van der Waals surface area contributed by atoms with Crippen LogP contribution in [-0.2, 0) is 0 Å². The molecule has 1 fully saturated rings. The van der Waals surface area contributed by atoms with E-state index in [2.05, 4.69) is 17.3 Å². The zero-order chi connectivity index (χ0) is 14.5. The van der Waals surface area contributed by atoms with Crippen molar-refractivity contribution in [1.82, 2.24) is 4.90 Å². The van der Waals surface area contributed by atoms with Crippen LogP contribution in [-0.4, -0.2) is 36.1 Å². The van der Waals surface area contributed by atoms with Gasteiger partial charge < -0.3 is 16.0 Å². The number of hydrogen-bond donors (Lipinski definition) is 2. The second kappa shape index (κ2) is 7.25. The van der Waals surface area contributed by atoms with Gasteiger partial charge in [-0.1, -0.05) is 36.7 Å². The lowest BCUT2D eigenvalue weighted by molar-refractivity contribution is 0.254. The third kappa shape index (κ3) is 4.08. The number of hydrogen-bond acceptors (Lipinski definition) is 3. The molecule has 0 aliphatic heterocycles. The Morgan fingerprint density at radius 3 is 2.80 bits per heavy atom. The average molecular weight is 312 g/mol. The molecule has 3 nitrogen and oxygen atoms in total. The number of benzene rings is 1. The SMILES string of the molecule is CN(CCNc1ccc(Cl)cc1C(N)=S)C1CCCC1. The highest BCUT2D eigenvalue weighted by atomic mass is 35.5. The minimum absolute atomic E-state index is 0.374. The monoisotopic (exact) mass is 311 g/mol. The predicted octanol–water partition coefficient (Wildman–Crippen LogP) is 3.26. The molecule has 0 unspecified atom stereocenters. The molecule has 1 saturated carbocycles. The standard InChI is InChI=1S/C15H22ClN3S/c1-19(12-4-2-3-5-12)9-8-18-14-7-6-11(16)10-13(14)15(17)20/h6-7,10,12,18H,2-5,8-9H2,1H3,(H2,17,20). The second-order valence-electron chi connectivity index (χ2n) is 5.40. The Morgan fingerprint density at radius 1 is 1.45 bits per heavy atom. The van der Waals surface area contributed by atoms with Gasteiger partial charge in [-0.15, -0.1) is 0 Å². The molecule has 20 heavy (non-hydrogen) atoms. The Bertz CT molecular complexity index is 472. The van der Waals surface area contributed by atoms with E-state index in [1.165, 1.54) is 25.7 Å². The summed E-state index contributed by atoms with van der Waals surface area (Å²) in [6.45, 7) is 1.90. The van der Waals surface area contributed by atoms with Crippen LogP contribution in [0.5, 0.6) is 0 Å². The molecule has 0 radical (unpaired) electrons. The Morgan fingerprint density at radius 2 is 2.15 bits per heavy atom. The van der Waals surface area contributed by atoms with Crippen LogP contribution >= 0.6 is 23.8 Å². The number of nitrogens with two attached hydrogens (primary N) is 1. The molecule has 0 bridgehead atoms. The quantitative estimate of drug-likeness (QED) is 0.791. The molecule has 110 valence electrons. The summed E-state index contributed by atoms with van der Waals surface area (Å²) in [7, 11) is 2.20. The number of likely N-dealkylation sites (N-methyl/N-ethyl adjacent to an activating group) is 1. The summed E-state index contributed by atoms with van der Waals surface area (Å²) < 4.78 is 0. The summed E-state index contributed by atoms with van der Waals surface area (Å²) in [6, 6.07) is 6.35. The minimum atomic E-state index is 0.374. The fourth-order valence-corrected chi connectivity index (χ4v) is 3.11. The lowest BCUT2D eigenvalue weighted by Crippen LogP contribution is -2.33. The van der Waals surface area contributed by atoms with E-state index < -0.39 is 0 Å². The first-order valence-electron chi connectivity index (χ1n) is 7.11. The van der Waals surface area contributed by atoms with Gasteiger partial charge in [-0.3, -0.25) is 0 Å². The van der Waals surface area contributed by atoms with E-state index in [-0.39, 0.29) is 0 Å². The normalized spacial score (nSPS) is 15.8. The molecular weight excluding hydrogens is 290 g/mol. The van der Waals surface area contributed by atoms with E-state index in [0.717, 1.165) is 30.4 Å². The van der Waals surface area contributed by atoms with Gasteiger partial charge in [0, 0.05) is 35.4 Å². The maximum absolute atomic E-state index is 5.98. The van der Waals surface area contributed by atoms with Gasteiger partial charge >= 0.3 is 0 Å². The van der Waals surface area contributed by atoms with Crippen molar-refractivity contribution in [3.05, 3.63) is 28.8 Å².